The van der Waals surface area contributed by atoms with E-state index in [1.807, 2.05) is 62.8 Å². The van der Waals surface area contributed by atoms with Gasteiger partial charge in [0.15, 0.2) is 5.13 Å². The predicted octanol–water partition coefficient (Wildman–Crippen LogP) is 4.36. The maximum Gasteiger partial charge on any atom is 0.252 e. The zero-order valence-corrected chi connectivity index (χ0v) is 17.3. The quantitative estimate of drug-likeness (QED) is 0.526. The first-order chi connectivity index (χ1) is 13.1. The Hall–Kier alpha value is -2.22. The van der Waals surface area contributed by atoms with Crippen LogP contribution in [-0.2, 0) is 4.79 Å². The molecule has 5 nitrogen and oxygen atoms in total. The van der Waals surface area contributed by atoms with E-state index in [2.05, 4.69) is 9.88 Å². The van der Waals surface area contributed by atoms with Gasteiger partial charge in [-0.15, -0.1) is 11.3 Å². The number of fused-ring (bicyclic) bond motifs is 1. The van der Waals surface area contributed by atoms with Gasteiger partial charge in [-0.25, -0.2) is 4.98 Å². The van der Waals surface area contributed by atoms with Crippen molar-refractivity contribution in [2.75, 3.05) is 38.7 Å². The van der Waals surface area contributed by atoms with Crippen LogP contribution in [0.4, 0.5) is 5.13 Å². The smallest absolute Gasteiger partial charge is 0.252 e. The molecule has 1 aromatic carbocycles. The molecular weight excluding hydrogens is 378 g/mol. The first-order valence-electron chi connectivity index (χ1n) is 8.78. The molecule has 0 radical (unpaired) electrons. The summed E-state index contributed by atoms with van der Waals surface area (Å²) in [7, 11) is 3.99. The molecule has 3 aromatic rings. The number of thiazole rings is 1. The normalized spacial score (nSPS) is 11.6. The van der Waals surface area contributed by atoms with E-state index in [0.29, 0.717) is 18.3 Å². The Labute approximate surface area is 167 Å². The minimum atomic E-state index is -0.0608. The van der Waals surface area contributed by atoms with E-state index in [1.54, 1.807) is 22.3 Å². The predicted molar refractivity (Wildman–Crippen MR) is 115 cm³/mol. The van der Waals surface area contributed by atoms with Crippen LogP contribution in [0.5, 0.6) is 5.75 Å². The van der Waals surface area contributed by atoms with Crippen molar-refractivity contribution in [3.63, 3.8) is 0 Å². The van der Waals surface area contributed by atoms with Crippen LogP contribution in [0.1, 0.15) is 11.8 Å². The minimum Gasteiger partial charge on any atom is -0.494 e. The lowest BCUT2D eigenvalue weighted by Crippen LogP contribution is -2.35. The number of hydrogen-bond donors (Lipinski definition) is 0. The fraction of sp³-hybridized carbons (Fsp3) is 0.300. The number of hydrogen-bond acceptors (Lipinski definition) is 6. The van der Waals surface area contributed by atoms with Crippen molar-refractivity contribution >= 4 is 50.0 Å². The highest BCUT2D eigenvalue weighted by Crippen LogP contribution is 2.31. The van der Waals surface area contributed by atoms with Gasteiger partial charge >= 0.3 is 0 Å². The number of rotatable bonds is 8. The summed E-state index contributed by atoms with van der Waals surface area (Å²) in [5.74, 6) is 0.762. The summed E-state index contributed by atoms with van der Waals surface area (Å²) in [6, 6.07) is 9.80. The van der Waals surface area contributed by atoms with Crippen LogP contribution in [0.25, 0.3) is 16.3 Å². The standard InChI is InChI=1S/C20H23N3O2S2/c1-4-25-15-7-9-17-18(14-15)27-20(21-17)23(12-11-22(2)3)19(24)10-8-16-6-5-13-26-16/h5-10,13-14H,4,11-12H2,1-3H3/b10-8+. The summed E-state index contributed by atoms with van der Waals surface area (Å²) in [4.78, 5) is 22.4. The summed E-state index contributed by atoms with van der Waals surface area (Å²) in [5, 5.41) is 2.71. The summed E-state index contributed by atoms with van der Waals surface area (Å²) >= 11 is 3.12. The first-order valence-corrected chi connectivity index (χ1v) is 10.5. The van der Waals surface area contributed by atoms with E-state index in [0.717, 1.165) is 27.4 Å². The summed E-state index contributed by atoms with van der Waals surface area (Å²) in [6.07, 6.45) is 3.48. The zero-order valence-electron chi connectivity index (χ0n) is 15.7. The number of aromatic nitrogens is 1. The molecule has 0 atom stereocenters. The molecule has 1 amide bonds. The molecule has 3 rings (SSSR count). The number of thiophene rings is 1. The number of amides is 1. The number of anilines is 1. The second-order valence-corrected chi connectivity index (χ2v) is 8.19. The summed E-state index contributed by atoms with van der Waals surface area (Å²) in [6.45, 7) is 3.93. The van der Waals surface area contributed by atoms with Gasteiger partial charge in [0, 0.05) is 24.0 Å². The van der Waals surface area contributed by atoms with Gasteiger partial charge in [0.1, 0.15) is 5.75 Å². The molecule has 27 heavy (non-hydrogen) atoms. The molecule has 0 bridgehead atoms. The topological polar surface area (TPSA) is 45.7 Å². The van der Waals surface area contributed by atoms with Gasteiger partial charge in [-0.1, -0.05) is 17.4 Å². The van der Waals surface area contributed by atoms with Crippen LogP contribution < -0.4 is 9.64 Å². The molecule has 2 aromatic heterocycles. The molecule has 0 saturated carbocycles. The summed E-state index contributed by atoms with van der Waals surface area (Å²) < 4.78 is 6.59. The average molecular weight is 402 g/mol. The highest BCUT2D eigenvalue weighted by molar-refractivity contribution is 7.22. The molecule has 0 aliphatic carbocycles. The molecule has 2 heterocycles. The van der Waals surface area contributed by atoms with Crippen LogP contribution in [0.3, 0.4) is 0 Å². The van der Waals surface area contributed by atoms with Crippen molar-refractivity contribution in [3.8, 4) is 5.75 Å². The molecule has 0 spiro atoms. The van der Waals surface area contributed by atoms with E-state index < -0.39 is 0 Å². The Kier molecular flexibility index (Phi) is 6.60. The van der Waals surface area contributed by atoms with E-state index in [9.17, 15) is 4.79 Å². The molecule has 0 aliphatic rings. The molecule has 0 fully saturated rings. The Balaban J connectivity index is 1.87. The lowest BCUT2D eigenvalue weighted by Gasteiger charge is -2.20. The number of carbonyl (C=O) groups is 1. The number of benzene rings is 1. The monoisotopic (exact) mass is 401 g/mol. The van der Waals surface area contributed by atoms with Gasteiger partial charge in [0.05, 0.1) is 16.8 Å². The third kappa shape index (κ3) is 5.15. The van der Waals surface area contributed by atoms with Crippen molar-refractivity contribution in [3.05, 3.63) is 46.7 Å². The Morgan fingerprint density at radius 3 is 2.81 bits per heavy atom. The third-order valence-electron chi connectivity index (χ3n) is 3.86. The third-order valence-corrected chi connectivity index (χ3v) is 5.74. The summed E-state index contributed by atoms with van der Waals surface area (Å²) in [5.41, 5.74) is 0.878. The Morgan fingerprint density at radius 1 is 1.26 bits per heavy atom. The van der Waals surface area contributed by atoms with E-state index >= 15 is 0 Å². The van der Waals surface area contributed by atoms with Crippen molar-refractivity contribution in [2.24, 2.45) is 0 Å². The highest BCUT2D eigenvalue weighted by Gasteiger charge is 2.18. The highest BCUT2D eigenvalue weighted by atomic mass is 32.1. The van der Waals surface area contributed by atoms with E-state index in [-0.39, 0.29) is 5.91 Å². The molecule has 0 saturated heterocycles. The van der Waals surface area contributed by atoms with Crippen LogP contribution in [0.15, 0.2) is 41.8 Å². The Bertz CT molecular complexity index is 917. The number of nitrogens with zero attached hydrogens (tertiary/aromatic N) is 3. The van der Waals surface area contributed by atoms with Crippen molar-refractivity contribution in [1.82, 2.24) is 9.88 Å². The molecule has 0 unspecified atom stereocenters. The maximum absolute atomic E-state index is 12.9. The first kappa shape index (κ1) is 19.5. The Morgan fingerprint density at radius 2 is 2.11 bits per heavy atom. The second kappa shape index (κ2) is 9.12. The van der Waals surface area contributed by atoms with Gasteiger partial charge in [0.2, 0.25) is 0 Å². The van der Waals surface area contributed by atoms with Crippen molar-refractivity contribution in [2.45, 2.75) is 6.92 Å². The lowest BCUT2D eigenvalue weighted by atomic mass is 10.3. The maximum atomic E-state index is 12.9. The van der Waals surface area contributed by atoms with Gasteiger partial charge in [-0.05, 0) is 56.7 Å². The number of ether oxygens (including phenoxy) is 1. The average Bonchev–Trinajstić information content (AvgIpc) is 3.29. The van der Waals surface area contributed by atoms with Crippen molar-refractivity contribution in [1.29, 1.82) is 0 Å². The molecule has 0 aliphatic heterocycles. The lowest BCUT2D eigenvalue weighted by molar-refractivity contribution is -0.114. The molecule has 7 heteroatoms. The van der Waals surface area contributed by atoms with Crippen LogP contribution in [0.2, 0.25) is 0 Å². The molecular formula is C20H23N3O2S2. The van der Waals surface area contributed by atoms with Crippen LogP contribution >= 0.6 is 22.7 Å². The second-order valence-electron chi connectivity index (χ2n) is 6.20. The van der Waals surface area contributed by atoms with Gasteiger partial charge in [0.25, 0.3) is 5.91 Å². The van der Waals surface area contributed by atoms with Crippen molar-refractivity contribution < 1.29 is 9.53 Å². The number of likely N-dealkylation sites (N-methyl/N-ethyl adjacent to an activating group) is 1. The fourth-order valence-electron chi connectivity index (χ4n) is 2.49. The molecule has 0 N–H and O–H groups in total. The number of carbonyl (C=O) groups excluding carboxylic acids is 1. The van der Waals surface area contributed by atoms with E-state index in [1.165, 1.54) is 11.3 Å². The van der Waals surface area contributed by atoms with Crippen LogP contribution in [-0.4, -0.2) is 49.6 Å². The van der Waals surface area contributed by atoms with Gasteiger partial charge < -0.3 is 9.64 Å². The zero-order chi connectivity index (χ0) is 19.2. The van der Waals surface area contributed by atoms with Gasteiger partial charge in [-0.2, -0.15) is 0 Å². The van der Waals surface area contributed by atoms with E-state index in [4.69, 9.17) is 4.74 Å². The fourth-order valence-corrected chi connectivity index (χ4v) is 4.14. The minimum absolute atomic E-state index is 0.0608. The molecule has 142 valence electrons. The van der Waals surface area contributed by atoms with Gasteiger partial charge in [-0.3, -0.25) is 9.69 Å². The largest absolute Gasteiger partial charge is 0.494 e. The van der Waals surface area contributed by atoms with Crippen LogP contribution in [0, 0.1) is 0 Å². The SMILES string of the molecule is CCOc1ccc2nc(N(CCN(C)C)C(=O)/C=C/c3cccs3)sc2c1.